The summed E-state index contributed by atoms with van der Waals surface area (Å²) in [5, 5.41) is 3.55. The van der Waals surface area contributed by atoms with E-state index in [0.29, 0.717) is 6.10 Å². The van der Waals surface area contributed by atoms with Crippen LogP contribution in [-0.2, 0) is 4.74 Å². The SMILES string of the molecule is CCCCCCNCCN1CC(C)OC(C)(C)C1. The summed E-state index contributed by atoms with van der Waals surface area (Å²) < 4.78 is 5.91. The fourth-order valence-electron chi connectivity index (χ4n) is 2.80. The second-order valence-corrected chi connectivity index (χ2v) is 6.23. The van der Waals surface area contributed by atoms with Crippen LogP contribution in [0.2, 0.25) is 0 Å². The number of ether oxygens (including phenoxy) is 1. The molecule has 1 unspecified atom stereocenters. The molecule has 0 bridgehead atoms. The summed E-state index contributed by atoms with van der Waals surface area (Å²) >= 11 is 0. The van der Waals surface area contributed by atoms with Crippen LogP contribution in [-0.4, -0.2) is 49.3 Å². The van der Waals surface area contributed by atoms with Crippen LogP contribution < -0.4 is 5.32 Å². The average molecular weight is 256 g/mol. The number of morpholine rings is 1. The van der Waals surface area contributed by atoms with Crippen LogP contribution >= 0.6 is 0 Å². The van der Waals surface area contributed by atoms with Crippen molar-refractivity contribution in [2.45, 2.75) is 65.1 Å². The smallest absolute Gasteiger partial charge is 0.0757 e. The van der Waals surface area contributed by atoms with Gasteiger partial charge in [0.2, 0.25) is 0 Å². The molecule has 0 radical (unpaired) electrons. The molecule has 0 aromatic heterocycles. The zero-order valence-electron chi connectivity index (χ0n) is 12.8. The lowest BCUT2D eigenvalue weighted by Crippen LogP contribution is -2.53. The number of rotatable bonds is 8. The molecule has 1 fully saturated rings. The molecule has 3 nitrogen and oxygen atoms in total. The van der Waals surface area contributed by atoms with Gasteiger partial charge in [-0.05, 0) is 33.7 Å². The molecule has 1 atom stereocenters. The minimum atomic E-state index is 0.0127. The summed E-state index contributed by atoms with van der Waals surface area (Å²) in [5.74, 6) is 0. The van der Waals surface area contributed by atoms with E-state index in [2.05, 4.69) is 37.9 Å². The minimum absolute atomic E-state index is 0.0127. The van der Waals surface area contributed by atoms with Gasteiger partial charge >= 0.3 is 0 Å². The quantitative estimate of drug-likeness (QED) is 0.676. The Labute approximate surface area is 113 Å². The maximum absolute atomic E-state index is 5.91. The Bertz CT molecular complexity index is 219. The number of nitrogens with zero attached hydrogens (tertiary/aromatic N) is 1. The van der Waals surface area contributed by atoms with Crippen LogP contribution in [0.4, 0.5) is 0 Å². The van der Waals surface area contributed by atoms with Gasteiger partial charge in [-0.25, -0.2) is 0 Å². The third-order valence-corrected chi connectivity index (χ3v) is 3.45. The summed E-state index contributed by atoms with van der Waals surface area (Å²) in [7, 11) is 0. The van der Waals surface area contributed by atoms with Gasteiger partial charge in [-0.1, -0.05) is 26.2 Å². The van der Waals surface area contributed by atoms with E-state index in [-0.39, 0.29) is 5.60 Å². The molecular formula is C15H32N2O. The first-order valence-corrected chi connectivity index (χ1v) is 7.64. The van der Waals surface area contributed by atoms with Crippen molar-refractivity contribution in [1.82, 2.24) is 10.2 Å². The van der Waals surface area contributed by atoms with Crippen LogP contribution in [0, 0.1) is 0 Å². The molecule has 3 heteroatoms. The summed E-state index contributed by atoms with van der Waals surface area (Å²) in [6.07, 6.45) is 5.74. The minimum Gasteiger partial charge on any atom is -0.370 e. The highest BCUT2D eigenvalue weighted by molar-refractivity contribution is 4.82. The topological polar surface area (TPSA) is 24.5 Å². The Morgan fingerprint density at radius 2 is 2.00 bits per heavy atom. The van der Waals surface area contributed by atoms with Gasteiger partial charge in [0.15, 0.2) is 0 Å². The largest absolute Gasteiger partial charge is 0.370 e. The number of hydrogen-bond donors (Lipinski definition) is 1. The maximum Gasteiger partial charge on any atom is 0.0757 e. The zero-order valence-corrected chi connectivity index (χ0v) is 12.8. The predicted octanol–water partition coefficient (Wildman–Crippen LogP) is 2.66. The third kappa shape index (κ3) is 6.72. The first-order chi connectivity index (χ1) is 8.53. The van der Waals surface area contributed by atoms with Gasteiger partial charge in [-0.15, -0.1) is 0 Å². The summed E-state index contributed by atoms with van der Waals surface area (Å²) in [5.41, 5.74) is 0.0127. The highest BCUT2D eigenvalue weighted by Crippen LogP contribution is 2.20. The van der Waals surface area contributed by atoms with Gasteiger partial charge in [0.25, 0.3) is 0 Å². The molecule has 1 N–H and O–H groups in total. The molecule has 1 rings (SSSR count). The summed E-state index contributed by atoms with van der Waals surface area (Å²) in [6.45, 7) is 14.3. The average Bonchev–Trinajstić information content (AvgIpc) is 2.25. The molecule has 1 aliphatic heterocycles. The van der Waals surface area contributed by atoms with Crippen molar-refractivity contribution in [1.29, 1.82) is 0 Å². The molecule has 0 aromatic carbocycles. The van der Waals surface area contributed by atoms with Crippen LogP contribution in [0.3, 0.4) is 0 Å². The van der Waals surface area contributed by atoms with Crippen LogP contribution in [0.25, 0.3) is 0 Å². The van der Waals surface area contributed by atoms with E-state index >= 15 is 0 Å². The van der Waals surface area contributed by atoms with Crippen LogP contribution in [0.5, 0.6) is 0 Å². The molecule has 1 saturated heterocycles. The standard InChI is InChI=1S/C15H32N2O/c1-5-6-7-8-9-16-10-11-17-12-14(2)18-15(3,4)13-17/h14,16H,5-13H2,1-4H3. The maximum atomic E-state index is 5.91. The van der Waals surface area contributed by atoms with E-state index in [0.717, 1.165) is 26.2 Å². The Morgan fingerprint density at radius 1 is 1.22 bits per heavy atom. The highest BCUT2D eigenvalue weighted by atomic mass is 16.5. The van der Waals surface area contributed by atoms with Crippen molar-refractivity contribution in [3.05, 3.63) is 0 Å². The van der Waals surface area contributed by atoms with Gasteiger partial charge in [-0.3, -0.25) is 4.90 Å². The Balaban J connectivity index is 2.04. The van der Waals surface area contributed by atoms with Crippen molar-refractivity contribution >= 4 is 0 Å². The molecule has 0 amide bonds. The van der Waals surface area contributed by atoms with Gasteiger partial charge in [-0.2, -0.15) is 0 Å². The lowest BCUT2D eigenvalue weighted by Gasteiger charge is -2.41. The monoisotopic (exact) mass is 256 g/mol. The Kier molecular flexibility index (Phi) is 7.20. The molecule has 0 spiro atoms. The highest BCUT2D eigenvalue weighted by Gasteiger charge is 2.30. The van der Waals surface area contributed by atoms with Crippen molar-refractivity contribution < 1.29 is 4.74 Å². The molecule has 0 aliphatic carbocycles. The van der Waals surface area contributed by atoms with Crippen LogP contribution in [0.1, 0.15) is 53.4 Å². The van der Waals surface area contributed by atoms with Crippen LogP contribution in [0.15, 0.2) is 0 Å². The first kappa shape index (κ1) is 15.9. The lowest BCUT2D eigenvalue weighted by molar-refractivity contribution is -0.128. The molecular weight excluding hydrogens is 224 g/mol. The molecule has 108 valence electrons. The van der Waals surface area contributed by atoms with Gasteiger partial charge in [0, 0.05) is 26.2 Å². The molecule has 0 saturated carbocycles. The fourth-order valence-corrected chi connectivity index (χ4v) is 2.80. The van der Waals surface area contributed by atoms with Crippen molar-refractivity contribution in [3.8, 4) is 0 Å². The van der Waals surface area contributed by atoms with E-state index in [1.165, 1.54) is 32.2 Å². The van der Waals surface area contributed by atoms with E-state index in [4.69, 9.17) is 4.74 Å². The zero-order chi connectivity index (χ0) is 13.4. The van der Waals surface area contributed by atoms with Crippen molar-refractivity contribution in [2.24, 2.45) is 0 Å². The normalized spacial score (nSPS) is 24.3. The Hall–Kier alpha value is -0.120. The lowest BCUT2D eigenvalue weighted by atomic mass is 10.1. The number of unbranched alkanes of at least 4 members (excludes halogenated alkanes) is 3. The van der Waals surface area contributed by atoms with Crippen molar-refractivity contribution in [3.63, 3.8) is 0 Å². The second kappa shape index (κ2) is 8.13. The van der Waals surface area contributed by atoms with Gasteiger partial charge in [0.05, 0.1) is 11.7 Å². The van der Waals surface area contributed by atoms with E-state index in [1.807, 2.05) is 0 Å². The number of nitrogens with one attached hydrogen (secondary N) is 1. The van der Waals surface area contributed by atoms with E-state index in [1.54, 1.807) is 0 Å². The molecule has 1 aliphatic rings. The Morgan fingerprint density at radius 3 is 2.67 bits per heavy atom. The molecule has 1 heterocycles. The van der Waals surface area contributed by atoms with E-state index < -0.39 is 0 Å². The fraction of sp³-hybridized carbons (Fsp3) is 1.00. The third-order valence-electron chi connectivity index (χ3n) is 3.45. The van der Waals surface area contributed by atoms with Gasteiger partial charge < -0.3 is 10.1 Å². The molecule has 0 aromatic rings. The first-order valence-electron chi connectivity index (χ1n) is 7.64. The predicted molar refractivity (Wildman–Crippen MR) is 78.1 cm³/mol. The number of hydrogen-bond acceptors (Lipinski definition) is 3. The second-order valence-electron chi connectivity index (χ2n) is 6.23. The van der Waals surface area contributed by atoms with Gasteiger partial charge in [0.1, 0.15) is 0 Å². The van der Waals surface area contributed by atoms with Crippen molar-refractivity contribution in [2.75, 3.05) is 32.7 Å². The summed E-state index contributed by atoms with van der Waals surface area (Å²) in [6, 6.07) is 0. The van der Waals surface area contributed by atoms with E-state index in [9.17, 15) is 0 Å². The molecule has 18 heavy (non-hydrogen) atoms. The summed E-state index contributed by atoms with van der Waals surface area (Å²) in [4.78, 5) is 2.52.